The Hall–Kier alpha value is -1.96. The van der Waals surface area contributed by atoms with E-state index < -0.39 is 0 Å². The molecule has 1 aliphatic rings. The first kappa shape index (κ1) is 18.4. The quantitative estimate of drug-likeness (QED) is 0.615. The first-order valence-corrected chi connectivity index (χ1v) is 8.32. The summed E-state index contributed by atoms with van der Waals surface area (Å²) < 4.78 is 5.26. The Morgan fingerprint density at radius 2 is 1.62 bits per heavy atom. The molecule has 132 valence electrons. The van der Waals surface area contributed by atoms with Crippen LogP contribution in [0, 0.1) is 0 Å². The van der Waals surface area contributed by atoms with Crippen molar-refractivity contribution in [3.63, 3.8) is 0 Å². The molecule has 0 spiro atoms. The van der Waals surface area contributed by atoms with Gasteiger partial charge in [-0.05, 0) is 44.3 Å². The number of benzene rings is 1. The lowest BCUT2D eigenvalue weighted by atomic mass is 10.2. The molecule has 0 atom stereocenters. The molecule has 3 N–H and O–H groups in total. The summed E-state index contributed by atoms with van der Waals surface area (Å²) in [6.45, 7) is 4.11. The van der Waals surface area contributed by atoms with Gasteiger partial charge in [0.2, 0.25) is 11.8 Å². The van der Waals surface area contributed by atoms with Gasteiger partial charge in [-0.25, -0.2) is 0 Å². The van der Waals surface area contributed by atoms with Gasteiger partial charge in [0.1, 0.15) is 0 Å². The van der Waals surface area contributed by atoms with Crippen molar-refractivity contribution in [2.24, 2.45) is 0 Å². The van der Waals surface area contributed by atoms with Crippen molar-refractivity contribution in [3.05, 3.63) is 24.3 Å². The summed E-state index contributed by atoms with van der Waals surface area (Å²) in [6, 6.07) is 7.17. The van der Waals surface area contributed by atoms with Gasteiger partial charge in [-0.1, -0.05) is 0 Å². The third-order valence-electron chi connectivity index (χ3n) is 3.75. The van der Waals surface area contributed by atoms with E-state index in [4.69, 9.17) is 4.74 Å². The van der Waals surface area contributed by atoms with Crippen molar-refractivity contribution in [3.8, 4) is 0 Å². The Morgan fingerprint density at radius 3 is 2.21 bits per heavy atom. The highest BCUT2D eigenvalue weighted by Gasteiger charge is 2.14. The second-order valence-electron chi connectivity index (χ2n) is 5.77. The summed E-state index contributed by atoms with van der Waals surface area (Å²) >= 11 is 0. The molecule has 0 aliphatic carbocycles. The Morgan fingerprint density at radius 1 is 1.04 bits per heavy atom. The van der Waals surface area contributed by atoms with Crippen LogP contribution >= 0.6 is 0 Å². The molecule has 2 rings (SSSR count). The molecule has 1 fully saturated rings. The van der Waals surface area contributed by atoms with E-state index in [1.165, 1.54) is 0 Å². The smallest absolute Gasteiger partial charge is 0.238 e. The molecule has 0 unspecified atom stereocenters. The normalized spacial score (nSPS) is 15.0. The van der Waals surface area contributed by atoms with Crippen molar-refractivity contribution in [2.45, 2.75) is 12.8 Å². The first-order valence-electron chi connectivity index (χ1n) is 8.32. The number of nitrogens with one attached hydrogen (secondary N) is 3. The number of amides is 2. The number of rotatable bonds is 8. The van der Waals surface area contributed by atoms with Gasteiger partial charge in [0.25, 0.3) is 0 Å². The zero-order valence-corrected chi connectivity index (χ0v) is 14.1. The molecule has 1 aromatic rings. The Kier molecular flexibility index (Phi) is 7.67. The molecule has 1 heterocycles. The minimum absolute atomic E-state index is 0.00523. The van der Waals surface area contributed by atoms with E-state index in [0.717, 1.165) is 37.4 Å². The van der Waals surface area contributed by atoms with Gasteiger partial charge in [-0.15, -0.1) is 0 Å². The van der Waals surface area contributed by atoms with Gasteiger partial charge in [0.15, 0.2) is 0 Å². The largest absolute Gasteiger partial charge is 0.379 e. The third-order valence-corrected chi connectivity index (χ3v) is 3.75. The molecule has 0 aromatic heterocycles. The lowest BCUT2D eigenvalue weighted by molar-refractivity contribution is -0.118. The van der Waals surface area contributed by atoms with Gasteiger partial charge in [0, 0.05) is 30.9 Å². The zero-order valence-electron chi connectivity index (χ0n) is 14.1. The third kappa shape index (κ3) is 6.66. The monoisotopic (exact) mass is 334 g/mol. The van der Waals surface area contributed by atoms with Gasteiger partial charge in [0.05, 0.1) is 19.8 Å². The van der Waals surface area contributed by atoms with Crippen LogP contribution in [0.3, 0.4) is 0 Å². The molecule has 1 aromatic carbocycles. The van der Waals surface area contributed by atoms with Crippen LogP contribution in [0.2, 0.25) is 0 Å². The number of hydrogen-bond donors (Lipinski definition) is 3. The number of hydrogen-bond acceptors (Lipinski definition) is 5. The Bertz CT molecular complexity index is 527. The number of carbonyl (C=O) groups is 2. The van der Waals surface area contributed by atoms with Gasteiger partial charge in [-0.3, -0.25) is 14.5 Å². The van der Waals surface area contributed by atoms with Crippen molar-refractivity contribution in [1.82, 2.24) is 10.2 Å². The van der Waals surface area contributed by atoms with Crippen LogP contribution in [0.5, 0.6) is 0 Å². The average Bonchev–Trinajstić information content (AvgIpc) is 2.58. The molecule has 1 saturated heterocycles. The maximum atomic E-state index is 12.0. The van der Waals surface area contributed by atoms with E-state index in [-0.39, 0.29) is 11.8 Å². The summed E-state index contributed by atoms with van der Waals surface area (Å²) in [7, 11) is 1.87. The lowest BCUT2D eigenvalue weighted by Crippen LogP contribution is -2.41. The lowest BCUT2D eigenvalue weighted by Gasteiger charge is -2.25. The van der Waals surface area contributed by atoms with Crippen molar-refractivity contribution in [1.29, 1.82) is 0 Å². The fourth-order valence-corrected chi connectivity index (χ4v) is 2.45. The molecular weight excluding hydrogens is 308 g/mol. The number of ether oxygens (including phenoxy) is 1. The highest BCUT2D eigenvalue weighted by atomic mass is 16.5. The van der Waals surface area contributed by atoms with Crippen molar-refractivity contribution < 1.29 is 14.3 Å². The second-order valence-corrected chi connectivity index (χ2v) is 5.77. The van der Waals surface area contributed by atoms with Crippen molar-refractivity contribution >= 4 is 23.2 Å². The summed E-state index contributed by atoms with van der Waals surface area (Å²) in [4.78, 5) is 25.8. The van der Waals surface area contributed by atoms with Crippen LogP contribution in [-0.4, -0.2) is 63.2 Å². The molecule has 0 radical (unpaired) electrons. The van der Waals surface area contributed by atoms with E-state index in [1.807, 2.05) is 7.05 Å². The second kappa shape index (κ2) is 10.0. The maximum Gasteiger partial charge on any atom is 0.238 e. The van der Waals surface area contributed by atoms with Gasteiger partial charge in [-0.2, -0.15) is 0 Å². The first-order chi connectivity index (χ1) is 11.7. The molecule has 0 saturated carbocycles. The van der Waals surface area contributed by atoms with Crippen LogP contribution in [0.15, 0.2) is 24.3 Å². The molecule has 1 aliphatic heterocycles. The van der Waals surface area contributed by atoms with Crippen LogP contribution in [-0.2, 0) is 14.3 Å². The summed E-state index contributed by atoms with van der Waals surface area (Å²) in [5.41, 5.74) is 1.46. The van der Waals surface area contributed by atoms with E-state index in [1.54, 1.807) is 24.3 Å². The summed E-state index contributed by atoms with van der Waals surface area (Å²) in [6.07, 6.45) is 1.29. The maximum absolute atomic E-state index is 12.0. The van der Waals surface area contributed by atoms with E-state index >= 15 is 0 Å². The van der Waals surface area contributed by atoms with E-state index in [0.29, 0.717) is 26.2 Å². The molecular formula is C17H26N4O3. The SMILES string of the molecule is CNCCCC(=O)Nc1ccc(NC(=O)CN2CCOCC2)cc1. The molecule has 0 bridgehead atoms. The highest BCUT2D eigenvalue weighted by molar-refractivity contribution is 5.93. The number of anilines is 2. The topological polar surface area (TPSA) is 82.7 Å². The number of morpholine rings is 1. The van der Waals surface area contributed by atoms with Crippen LogP contribution in [0.4, 0.5) is 11.4 Å². The number of carbonyl (C=O) groups excluding carboxylic acids is 2. The van der Waals surface area contributed by atoms with Gasteiger partial charge >= 0.3 is 0 Å². The molecule has 7 heteroatoms. The van der Waals surface area contributed by atoms with Crippen LogP contribution in [0.25, 0.3) is 0 Å². The minimum atomic E-state index is -0.0410. The minimum Gasteiger partial charge on any atom is -0.379 e. The van der Waals surface area contributed by atoms with Crippen LogP contribution in [0.1, 0.15) is 12.8 Å². The Labute approximate surface area is 142 Å². The summed E-state index contributed by atoms with van der Waals surface area (Å²) in [5, 5.41) is 8.73. The van der Waals surface area contributed by atoms with Crippen LogP contribution < -0.4 is 16.0 Å². The zero-order chi connectivity index (χ0) is 17.2. The van der Waals surface area contributed by atoms with Crippen molar-refractivity contribution in [2.75, 3.05) is 57.1 Å². The standard InChI is InChI=1S/C17H26N4O3/c1-18-8-2-3-16(22)19-14-4-6-15(7-5-14)20-17(23)13-21-9-11-24-12-10-21/h4-7,18H,2-3,8-13H2,1H3,(H,19,22)(H,20,23). The number of nitrogens with zero attached hydrogens (tertiary/aromatic N) is 1. The molecule has 2 amide bonds. The fourth-order valence-electron chi connectivity index (χ4n) is 2.45. The average molecular weight is 334 g/mol. The van der Waals surface area contributed by atoms with E-state index in [2.05, 4.69) is 20.9 Å². The van der Waals surface area contributed by atoms with Gasteiger partial charge < -0.3 is 20.7 Å². The van der Waals surface area contributed by atoms with E-state index in [9.17, 15) is 9.59 Å². The highest BCUT2D eigenvalue weighted by Crippen LogP contribution is 2.14. The fraction of sp³-hybridized carbons (Fsp3) is 0.529. The summed E-state index contributed by atoms with van der Waals surface area (Å²) in [5.74, 6) is -0.0462. The predicted octanol–water partition coefficient (Wildman–Crippen LogP) is 0.895. The molecule has 24 heavy (non-hydrogen) atoms. The predicted molar refractivity (Wildman–Crippen MR) is 94.1 cm³/mol. The Balaban J connectivity index is 1.74. The molecule has 7 nitrogen and oxygen atoms in total.